The molecule has 0 aliphatic carbocycles. The second kappa shape index (κ2) is 4.85. The van der Waals surface area contributed by atoms with Gasteiger partial charge in [0, 0.05) is 5.41 Å². The number of hydrogen-bond donors (Lipinski definition) is 0. The molecule has 0 aromatic heterocycles. The summed E-state index contributed by atoms with van der Waals surface area (Å²) in [6, 6.07) is 7.95. The van der Waals surface area contributed by atoms with E-state index in [1.165, 1.54) is 5.56 Å². The Balaban J connectivity index is 1.76. The van der Waals surface area contributed by atoms with Crippen molar-refractivity contribution in [2.75, 3.05) is 26.9 Å². The molecule has 1 aromatic carbocycles. The first-order valence-electron chi connectivity index (χ1n) is 5.50. The van der Waals surface area contributed by atoms with Crippen LogP contribution in [0.15, 0.2) is 24.3 Å². The van der Waals surface area contributed by atoms with E-state index >= 15 is 0 Å². The molecular weight excluding hydrogens is 204 g/mol. The Morgan fingerprint density at radius 3 is 2.44 bits per heavy atom. The van der Waals surface area contributed by atoms with Crippen LogP contribution >= 0.6 is 0 Å². The fourth-order valence-corrected chi connectivity index (χ4v) is 1.67. The monoisotopic (exact) mass is 222 g/mol. The molecule has 0 saturated carbocycles. The van der Waals surface area contributed by atoms with Crippen molar-refractivity contribution in [3.05, 3.63) is 29.8 Å². The normalized spacial score (nSPS) is 17.9. The van der Waals surface area contributed by atoms with Gasteiger partial charge in [-0.3, -0.25) is 0 Å². The molecular formula is C13H18O3. The first-order chi connectivity index (χ1) is 7.72. The lowest BCUT2D eigenvalue weighted by atomic mass is 9.90. The van der Waals surface area contributed by atoms with Gasteiger partial charge in [0.05, 0.1) is 33.5 Å². The molecule has 16 heavy (non-hydrogen) atoms. The van der Waals surface area contributed by atoms with E-state index in [1.54, 1.807) is 7.11 Å². The summed E-state index contributed by atoms with van der Waals surface area (Å²) in [6.45, 7) is 5.23. The molecule has 0 N–H and O–H groups in total. The molecule has 3 nitrogen and oxygen atoms in total. The van der Waals surface area contributed by atoms with Crippen LogP contribution in [0.25, 0.3) is 0 Å². The predicted molar refractivity (Wildman–Crippen MR) is 61.6 cm³/mol. The van der Waals surface area contributed by atoms with Crippen molar-refractivity contribution in [3.8, 4) is 5.75 Å². The number of benzene rings is 1. The van der Waals surface area contributed by atoms with E-state index in [9.17, 15) is 0 Å². The zero-order chi connectivity index (χ0) is 11.4. The van der Waals surface area contributed by atoms with Crippen LogP contribution in [0.2, 0.25) is 0 Å². The molecule has 0 spiro atoms. The van der Waals surface area contributed by atoms with Crippen LogP contribution in [0.5, 0.6) is 5.75 Å². The van der Waals surface area contributed by atoms with Crippen LogP contribution in [0, 0.1) is 5.41 Å². The smallest absolute Gasteiger partial charge is 0.118 e. The molecule has 3 heteroatoms. The predicted octanol–water partition coefficient (Wildman–Crippen LogP) is 2.25. The van der Waals surface area contributed by atoms with Gasteiger partial charge in [0.1, 0.15) is 5.75 Å². The standard InChI is InChI=1S/C13H18O3/c1-13(9-16-10-13)8-15-7-11-3-5-12(14-2)6-4-11/h3-6H,7-10H2,1-2H3. The van der Waals surface area contributed by atoms with Gasteiger partial charge in [-0.25, -0.2) is 0 Å². The second-order valence-electron chi connectivity index (χ2n) is 4.64. The SMILES string of the molecule is COc1ccc(COCC2(C)COC2)cc1. The van der Waals surface area contributed by atoms with Gasteiger partial charge >= 0.3 is 0 Å². The molecule has 0 amide bonds. The van der Waals surface area contributed by atoms with Gasteiger partial charge < -0.3 is 14.2 Å². The summed E-state index contributed by atoms with van der Waals surface area (Å²) in [5.41, 5.74) is 1.40. The zero-order valence-corrected chi connectivity index (χ0v) is 9.86. The van der Waals surface area contributed by atoms with E-state index in [0.29, 0.717) is 6.61 Å². The van der Waals surface area contributed by atoms with Crippen LogP contribution < -0.4 is 4.74 Å². The summed E-state index contributed by atoms with van der Waals surface area (Å²) in [7, 11) is 1.67. The molecule has 1 saturated heterocycles. The van der Waals surface area contributed by atoms with Gasteiger partial charge in [0.2, 0.25) is 0 Å². The Bertz CT molecular complexity index is 328. The van der Waals surface area contributed by atoms with E-state index in [0.717, 1.165) is 25.6 Å². The fraction of sp³-hybridized carbons (Fsp3) is 0.538. The Kier molecular flexibility index (Phi) is 3.46. The number of hydrogen-bond acceptors (Lipinski definition) is 3. The first-order valence-corrected chi connectivity index (χ1v) is 5.50. The van der Waals surface area contributed by atoms with Gasteiger partial charge in [0.25, 0.3) is 0 Å². The molecule has 1 aromatic rings. The largest absolute Gasteiger partial charge is 0.497 e. The number of methoxy groups -OCH3 is 1. The summed E-state index contributed by atoms with van der Waals surface area (Å²) in [5.74, 6) is 0.878. The molecule has 1 aliphatic heterocycles. The van der Waals surface area contributed by atoms with E-state index in [-0.39, 0.29) is 5.41 Å². The van der Waals surface area contributed by atoms with E-state index < -0.39 is 0 Å². The van der Waals surface area contributed by atoms with Gasteiger partial charge in [-0.15, -0.1) is 0 Å². The molecule has 0 unspecified atom stereocenters. The van der Waals surface area contributed by atoms with Crippen molar-refractivity contribution in [2.24, 2.45) is 5.41 Å². The first kappa shape index (κ1) is 11.4. The summed E-state index contributed by atoms with van der Waals surface area (Å²) < 4.78 is 16.0. The maximum Gasteiger partial charge on any atom is 0.118 e. The van der Waals surface area contributed by atoms with Gasteiger partial charge in [0.15, 0.2) is 0 Å². The Labute approximate surface area is 96.3 Å². The molecule has 0 radical (unpaired) electrons. The quantitative estimate of drug-likeness (QED) is 0.764. The highest BCUT2D eigenvalue weighted by Gasteiger charge is 2.33. The summed E-state index contributed by atoms with van der Waals surface area (Å²) in [6.07, 6.45) is 0. The zero-order valence-electron chi connectivity index (χ0n) is 9.86. The molecule has 0 atom stereocenters. The number of rotatable bonds is 5. The average molecular weight is 222 g/mol. The molecule has 2 rings (SSSR count). The van der Waals surface area contributed by atoms with E-state index in [1.807, 2.05) is 24.3 Å². The van der Waals surface area contributed by atoms with Crippen molar-refractivity contribution in [1.29, 1.82) is 0 Å². The maximum absolute atomic E-state index is 5.68. The van der Waals surface area contributed by atoms with Crippen molar-refractivity contribution in [2.45, 2.75) is 13.5 Å². The third-order valence-electron chi connectivity index (χ3n) is 2.78. The second-order valence-corrected chi connectivity index (χ2v) is 4.64. The van der Waals surface area contributed by atoms with Crippen molar-refractivity contribution in [1.82, 2.24) is 0 Å². The van der Waals surface area contributed by atoms with Crippen molar-refractivity contribution in [3.63, 3.8) is 0 Å². The third kappa shape index (κ3) is 2.74. The minimum absolute atomic E-state index is 0.229. The molecule has 1 heterocycles. The van der Waals surface area contributed by atoms with E-state index in [2.05, 4.69) is 6.92 Å². The minimum Gasteiger partial charge on any atom is -0.497 e. The highest BCUT2D eigenvalue weighted by Crippen LogP contribution is 2.26. The average Bonchev–Trinajstić information content (AvgIpc) is 2.28. The topological polar surface area (TPSA) is 27.7 Å². The van der Waals surface area contributed by atoms with Gasteiger partial charge in [-0.1, -0.05) is 19.1 Å². The molecule has 1 aliphatic rings. The van der Waals surface area contributed by atoms with Gasteiger partial charge in [-0.05, 0) is 17.7 Å². The third-order valence-corrected chi connectivity index (χ3v) is 2.78. The highest BCUT2D eigenvalue weighted by atomic mass is 16.5. The molecule has 1 fully saturated rings. The lowest BCUT2D eigenvalue weighted by Gasteiger charge is -2.37. The minimum atomic E-state index is 0.229. The van der Waals surface area contributed by atoms with Crippen LogP contribution in [-0.2, 0) is 16.1 Å². The lowest BCUT2D eigenvalue weighted by molar-refractivity contribution is -0.140. The molecule has 88 valence electrons. The van der Waals surface area contributed by atoms with Crippen molar-refractivity contribution >= 4 is 0 Å². The maximum atomic E-state index is 5.68. The lowest BCUT2D eigenvalue weighted by Crippen LogP contribution is -2.43. The van der Waals surface area contributed by atoms with Crippen LogP contribution in [0.3, 0.4) is 0 Å². The Morgan fingerprint density at radius 1 is 1.25 bits per heavy atom. The summed E-state index contributed by atoms with van der Waals surface area (Å²) in [4.78, 5) is 0. The number of ether oxygens (including phenoxy) is 3. The van der Waals surface area contributed by atoms with Gasteiger partial charge in [-0.2, -0.15) is 0 Å². The molecule has 0 bridgehead atoms. The van der Waals surface area contributed by atoms with E-state index in [4.69, 9.17) is 14.2 Å². The van der Waals surface area contributed by atoms with Crippen LogP contribution in [0.1, 0.15) is 12.5 Å². The summed E-state index contributed by atoms with van der Waals surface area (Å²) >= 11 is 0. The Morgan fingerprint density at radius 2 is 1.94 bits per heavy atom. The van der Waals surface area contributed by atoms with Crippen molar-refractivity contribution < 1.29 is 14.2 Å². The summed E-state index contributed by atoms with van der Waals surface area (Å²) in [5, 5.41) is 0. The highest BCUT2D eigenvalue weighted by molar-refractivity contribution is 5.26. The fourth-order valence-electron chi connectivity index (χ4n) is 1.67. The van der Waals surface area contributed by atoms with Crippen LogP contribution in [0.4, 0.5) is 0 Å². The van der Waals surface area contributed by atoms with Crippen LogP contribution in [-0.4, -0.2) is 26.9 Å². The Hall–Kier alpha value is -1.06.